The molecule has 0 aliphatic heterocycles. The molecule has 0 saturated heterocycles. The standard InChI is InChI=1S/C14H26N2O3/c1-10(2)13(14(18)19-3)15-9-12(17)16-11-7-5-4-6-8-11/h10-11,13,15H,4-9H2,1-3H3,(H,16,17). The Morgan fingerprint density at radius 2 is 1.84 bits per heavy atom. The van der Waals surface area contributed by atoms with E-state index < -0.39 is 6.04 Å². The van der Waals surface area contributed by atoms with Crippen molar-refractivity contribution in [2.75, 3.05) is 13.7 Å². The van der Waals surface area contributed by atoms with Crippen molar-refractivity contribution in [2.45, 2.75) is 58.0 Å². The summed E-state index contributed by atoms with van der Waals surface area (Å²) < 4.78 is 4.72. The van der Waals surface area contributed by atoms with Crippen LogP contribution in [0.1, 0.15) is 46.0 Å². The van der Waals surface area contributed by atoms with E-state index in [0.29, 0.717) is 6.04 Å². The number of amides is 1. The van der Waals surface area contributed by atoms with Crippen LogP contribution in [0.2, 0.25) is 0 Å². The Kier molecular flexibility index (Phi) is 6.84. The van der Waals surface area contributed by atoms with Gasteiger partial charge in [-0.3, -0.25) is 14.9 Å². The van der Waals surface area contributed by atoms with Gasteiger partial charge in [0.2, 0.25) is 5.91 Å². The molecule has 0 radical (unpaired) electrons. The summed E-state index contributed by atoms with van der Waals surface area (Å²) in [5, 5.41) is 5.99. The third-order valence-electron chi connectivity index (χ3n) is 3.57. The summed E-state index contributed by atoms with van der Waals surface area (Å²) in [6.45, 7) is 4.01. The Morgan fingerprint density at radius 1 is 1.21 bits per heavy atom. The molecule has 19 heavy (non-hydrogen) atoms. The van der Waals surface area contributed by atoms with Crippen LogP contribution in [0.15, 0.2) is 0 Å². The quantitative estimate of drug-likeness (QED) is 0.712. The summed E-state index contributed by atoms with van der Waals surface area (Å²) in [6.07, 6.45) is 5.78. The fraction of sp³-hybridized carbons (Fsp3) is 0.857. The first kappa shape index (κ1) is 16.0. The Balaban J connectivity index is 2.32. The van der Waals surface area contributed by atoms with E-state index in [2.05, 4.69) is 10.6 Å². The van der Waals surface area contributed by atoms with Gasteiger partial charge < -0.3 is 10.1 Å². The SMILES string of the molecule is COC(=O)C(NCC(=O)NC1CCCCC1)C(C)C. The second kappa shape index (κ2) is 8.15. The van der Waals surface area contributed by atoms with Gasteiger partial charge in [0.1, 0.15) is 6.04 Å². The first-order valence-electron chi connectivity index (χ1n) is 7.15. The maximum absolute atomic E-state index is 11.8. The lowest BCUT2D eigenvalue weighted by Gasteiger charge is -2.24. The van der Waals surface area contributed by atoms with Gasteiger partial charge in [0.15, 0.2) is 0 Å². The number of ether oxygens (including phenoxy) is 1. The molecule has 1 aliphatic rings. The van der Waals surface area contributed by atoms with Crippen LogP contribution in [-0.2, 0) is 14.3 Å². The van der Waals surface area contributed by atoms with Crippen LogP contribution in [0.4, 0.5) is 0 Å². The van der Waals surface area contributed by atoms with E-state index in [0.717, 1.165) is 12.8 Å². The summed E-state index contributed by atoms with van der Waals surface area (Å²) in [6, 6.07) is -0.124. The van der Waals surface area contributed by atoms with Crippen molar-refractivity contribution in [1.82, 2.24) is 10.6 Å². The molecule has 0 aromatic carbocycles. The molecule has 110 valence electrons. The third kappa shape index (κ3) is 5.59. The zero-order valence-electron chi connectivity index (χ0n) is 12.2. The average molecular weight is 270 g/mol. The molecule has 1 amide bonds. The zero-order chi connectivity index (χ0) is 14.3. The van der Waals surface area contributed by atoms with Gasteiger partial charge in [-0.05, 0) is 18.8 Å². The highest BCUT2D eigenvalue weighted by Crippen LogP contribution is 2.17. The summed E-state index contributed by atoms with van der Waals surface area (Å²) in [4.78, 5) is 23.4. The highest BCUT2D eigenvalue weighted by Gasteiger charge is 2.23. The Morgan fingerprint density at radius 3 is 2.37 bits per heavy atom. The van der Waals surface area contributed by atoms with Crippen LogP contribution >= 0.6 is 0 Å². The monoisotopic (exact) mass is 270 g/mol. The molecular formula is C14H26N2O3. The number of carbonyl (C=O) groups is 2. The minimum Gasteiger partial charge on any atom is -0.468 e. The van der Waals surface area contributed by atoms with Crippen LogP contribution in [0, 0.1) is 5.92 Å². The second-order valence-electron chi connectivity index (χ2n) is 5.53. The lowest BCUT2D eigenvalue weighted by atomic mass is 9.95. The molecule has 1 atom stereocenters. The maximum Gasteiger partial charge on any atom is 0.323 e. The molecule has 0 spiro atoms. The van der Waals surface area contributed by atoms with Crippen molar-refractivity contribution < 1.29 is 14.3 Å². The first-order chi connectivity index (χ1) is 9.04. The van der Waals surface area contributed by atoms with E-state index in [9.17, 15) is 9.59 Å². The first-order valence-corrected chi connectivity index (χ1v) is 7.15. The number of esters is 1. The van der Waals surface area contributed by atoms with Gasteiger partial charge in [0, 0.05) is 6.04 Å². The van der Waals surface area contributed by atoms with Gasteiger partial charge >= 0.3 is 5.97 Å². The summed E-state index contributed by atoms with van der Waals surface area (Å²) in [7, 11) is 1.36. The number of hydrogen-bond acceptors (Lipinski definition) is 4. The van der Waals surface area contributed by atoms with E-state index in [1.54, 1.807) is 0 Å². The highest BCUT2D eigenvalue weighted by atomic mass is 16.5. The van der Waals surface area contributed by atoms with Crippen LogP contribution in [-0.4, -0.2) is 37.6 Å². The van der Waals surface area contributed by atoms with Gasteiger partial charge in [-0.15, -0.1) is 0 Å². The van der Waals surface area contributed by atoms with Crippen molar-refractivity contribution >= 4 is 11.9 Å². The number of rotatable bonds is 6. The van der Waals surface area contributed by atoms with Crippen molar-refractivity contribution in [2.24, 2.45) is 5.92 Å². The minimum absolute atomic E-state index is 0.0403. The smallest absolute Gasteiger partial charge is 0.323 e. The van der Waals surface area contributed by atoms with E-state index in [1.807, 2.05) is 13.8 Å². The summed E-state index contributed by atoms with van der Waals surface area (Å²) in [5.41, 5.74) is 0. The zero-order valence-corrected chi connectivity index (χ0v) is 12.2. The fourth-order valence-electron chi connectivity index (χ4n) is 2.45. The van der Waals surface area contributed by atoms with Crippen molar-refractivity contribution in [3.05, 3.63) is 0 Å². The van der Waals surface area contributed by atoms with Crippen LogP contribution in [0.5, 0.6) is 0 Å². The van der Waals surface area contributed by atoms with Crippen molar-refractivity contribution in [1.29, 1.82) is 0 Å². The molecule has 1 rings (SSSR count). The normalized spacial score (nSPS) is 18.1. The highest BCUT2D eigenvalue weighted by molar-refractivity contribution is 5.80. The fourth-order valence-corrected chi connectivity index (χ4v) is 2.45. The van der Waals surface area contributed by atoms with Crippen molar-refractivity contribution in [3.63, 3.8) is 0 Å². The van der Waals surface area contributed by atoms with Gasteiger partial charge in [-0.2, -0.15) is 0 Å². The van der Waals surface area contributed by atoms with Gasteiger partial charge in [0.25, 0.3) is 0 Å². The van der Waals surface area contributed by atoms with E-state index >= 15 is 0 Å². The number of carbonyl (C=O) groups excluding carboxylic acids is 2. The van der Waals surface area contributed by atoms with E-state index in [4.69, 9.17) is 4.74 Å². The number of methoxy groups -OCH3 is 1. The van der Waals surface area contributed by atoms with E-state index in [1.165, 1.54) is 26.4 Å². The van der Waals surface area contributed by atoms with E-state index in [-0.39, 0.29) is 24.3 Å². The molecule has 5 nitrogen and oxygen atoms in total. The molecule has 2 N–H and O–H groups in total. The summed E-state index contributed by atoms with van der Waals surface area (Å²) >= 11 is 0. The lowest BCUT2D eigenvalue weighted by Crippen LogP contribution is -2.48. The van der Waals surface area contributed by atoms with Crippen LogP contribution in [0.3, 0.4) is 0 Å². The molecule has 1 saturated carbocycles. The summed E-state index contributed by atoms with van der Waals surface area (Å²) in [5.74, 6) is -0.267. The Bertz CT molecular complexity index is 299. The maximum atomic E-state index is 11.8. The number of hydrogen-bond donors (Lipinski definition) is 2. The third-order valence-corrected chi connectivity index (χ3v) is 3.57. The lowest BCUT2D eigenvalue weighted by molar-refractivity contribution is -0.144. The second-order valence-corrected chi connectivity index (χ2v) is 5.53. The minimum atomic E-state index is -0.429. The molecule has 5 heteroatoms. The Hall–Kier alpha value is -1.10. The molecule has 0 aromatic rings. The Labute approximate surface area is 115 Å². The molecule has 0 aromatic heterocycles. The van der Waals surface area contributed by atoms with Gasteiger partial charge in [0.05, 0.1) is 13.7 Å². The molecule has 1 fully saturated rings. The predicted molar refractivity (Wildman–Crippen MR) is 73.7 cm³/mol. The molecule has 1 aliphatic carbocycles. The number of nitrogens with one attached hydrogen (secondary N) is 2. The van der Waals surface area contributed by atoms with Crippen LogP contribution in [0.25, 0.3) is 0 Å². The molecule has 1 unspecified atom stereocenters. The van der Waals surface area contributed by atoms with Gasteiger partial charge in [-0.25, -0.2) is 0 Å². The largest absolute Gasteiger partial charge is 0.468 e. The van der Waals surface area contributed by atoms with Crippen molar-refractivity contribution in [3.8, 4) is 0 Å². The predicted octanol–water partition coefficient (Wildman–Crippen LogP) is 1.22. The molecular weight excluding hydrogens is 244 g/mol. The van der Waals surface area contributed by atoms with Gasteiger partial charge in [-0.1, -0.05) is 33.1 Å². The van der Waals surface area contributed by atoms with Crippen LogP contribution < -0.4 is 10.6 Å². The topological polar surface area (TPSA) is 67.4 Å². The average Bonchev–Trinajstić information content (AvgIpc) is 2.39. The molecule has 0 heterocycles. The molecule has 0 bridgehead atoms.